The third-order valence-corrected chi connectivity index (χ3v) is 22.4. The average Bonchev–Trinajstić information content (AvgIpc) is 1.62. The molecule has 3 N–H and O–H groups in total. The highest BCUT2D eigenvalue weighted by molar-refractivity contribution is 6.32. The number of nitrogens with one attached hydrogen (secondary N) is 3. The highest BCUT2D eigenvalue weighted by atomic mass is 35.5. The summed E-state index contributed by atoms with van der Waals surface area (Å²) in [6, 6.07) is 57.7. The summed E-state index contributed by atoms with van der Waals surface area (Å²) in [4.78, 5) is 74.3. The van der Waals surface area contributed by atoms with Crippen LogP contribution in [-0.4, -0.2) is 166 Å². The first-order valence-electron chi connectivity index (χ1n) is 40.8. The third-order valence-electron chi connectivity index (χ3n) is 21.7. The summed E-state index contributed by atoms with van der Waals surface area (Å²) in [6.07, 6.45) is 12.7. The van der Waals surface area contributed by atoms with Gasteiger partial charge in [-0.05, 0) is 199 Å². The van der Waals surface area contributed by atoms with Crippen molar-refractivity contribution in [1.29, 1.82) is 0 Å². The molecule has 0 aliphatic carbocycles. The molecule has 0 radical (unpaired) electrons. The summed E-state index contributed by atoms with van der Waals surface area (Å²) in [5, 5.41) is 25.3. The van der Waals surface area contributed by atoms with Gasteiger partial charge in [-0.15, -0.1) is 5.10 Å². The summed E-state index contributed by atoms with van der Waals surface area (Å²) in [6.45, 7) is 6.83. The summed E-state index contributed by atoms with van der Waals surface area (Å²) >= 11 is 19.0. The number of carbonyl (C=O) groups excluding carboxylic acids is 4. The molecule has 125 heavy (non-hydrogen) atoms. The van der Waals surface area contributed by atoms with E-state index in [4.69, 9.17) is 82.2 Å². The molecule has 0 bridgehead atoms. The van der Waals surface area contributed by atoms with E-state index >= 15 is 0 Å². The standard InChI is InChI=1S/C33H32ClN5O6.2C30H28ClN5O4/c1-3-43-32(40)21-5-9-24(10-6-21)45-33(41)39-15-13-25-26-18-23(34)8-11-27(26)37-30(25)31(39)22-7-12-28(29(17-22)42-2)44-16-4-14-38-20-35-19-36-38;1-38-27-18-20(8-11-26(27)39-17-5-15-36-32-13-14-33-36)29-28-23(24-19-21(31)9-10-25(24)34-28)12-16-35(29)30(37)40-22-6-3-2-4-7-22;1-38-27-18-20(8-11-26(27)39-17-5-14-35-16-13-32-34-35)29-28-23(24-19-21(31)9-10-25(24)33-28)12-15-36(29)30(37)40-22-6-3-2-4-7-22/h5-12,17-20,31,37H,3-4,13-16H2,1-2H3;2-4,6-11,13-14,18-19,29,34H,5,12,15-17H2,1H3;2-4,6-11,13,16,18-19,29,33H,5,12,14-15,17H2,1H3. The first kappa shape index (κ1) is 84.6. The summed E-state index contributed by atoms with van der Waals surface area (Å²) in [5.41, 5.74) is 11.9. The number of amides is 3. The number of methoxy groups -OCH3 is 3. The average molecular weight is 1750 g/mol. The van der Waals surface area contributed by atoms with E-state index in [2.05, 4.69) is 45.5 Å². The summed E-state index contributed by atoms with van der Waals surface area (Å²) in [5.74, 6) is 4.42. The number of carbonyl (C=O) groups is 4. The van der Waals surface area contributed by atoms with E-state index in [1.807, 2.05) is 152 Å². The Bertz CT molecular complexity index is 5990. The molecular weight excluding hydrogens is 1660 g/mol. The van der Waals surface area contributed by atoms with Crippen LogP contribution < -0.4 is 42.6 Å². The molecule has 3 aliphatic heterocycles. The molecule has 0 saturated heterocycles. The first-order valence-corrected chi connectivity index (χ1v) is 41.9. The van der Waals surface area contributed by atoms with Gasteiger partial charge in [-0.2, -0.15) is 20.1 Å². The van der Waals surface area contributed by atoms with Gasteiger partial charge in [-0.3, -0.25) is 24.1 Å². The quantitative estimate of drug-likeness (QED) is 0.0335. The number of rotatable bonds is 26. The largest absolute Gasteiger partial charge is 0.493 e. The van der Waals surface area contributed by atoms with Crippen LogP contribution in [0.4, 0.5) is 14.4 Å². The fourth-order valence-corrected chi connectivity index (χ4v) is 16.4. The Balaban J connectivity index is 0.000000139. The normalized spacial score (nSPS) is 14.5. The Morgan fingerprint density at radius 3 is 1.21 bits per heavy atom. The molecular formula is C93H88Cl3N15O14. The van der Waals surface area contributed by atoms with E-state index in [0.29, 0.717) is 151 Å². The van der Waals surface area contributed by atoms with Gasteiger partial charge in [0.2, 0.25) is 0 Å². The highest BCUT2D eigenvalue weighted by Gasteiger charge is 2.40. The molecule has 0 spiro atoms. The Hall–Kier alpha value is -14.0. The van der Waals surface area contributed by atoms with Crippen LogP contribution in [0.15, 0.2) is 232 Å². The number of benzene rings is 9. The molecule has 9 aromatic carbocycles. The molecule has 18 rings (SSSR count). The van der Waals surface area contributed by atoms with E-state index in [1.54, 1.807) is 131 Å². The second-order valence-corrected chi connectivity index (χ2v) is 30.7. The van der Waals surface area contributed by atoms with Crippen molar-refractivity contribution in [3.63, 3.8) is 0 Å². The number of para-hydroxylation sites is 2. The lowest BCUT2D eigenvalue weighted by Gasteiger charge is -2.35. The lowest BCUT2D eigenvalue weighted by molar-refractivity contribution is 0.0526. The van der Waals surface area contributed by atoms with Crippen molar-refractivity contribution < 1.29 is 66.5 Å². The molecule has 3 aliphatic rings. The van der Waals surface area contributed by atoms with Crippen molar-refractivity contribution in [2.24, 2.45) is 0 Å². The number of aromatic nitrogens is 12. The van der Waals surface area contributed by atoms with Crippen molar-refractivity contribution >= 4 is 91.8 Å². The maximum atomic E-state index is 13.8. The number of ether oxygens (including phenoxy) is 10. The lowest BCUT2D eigenvalue weighted by Crippen LogP contribution is -2.42. The minimum atomic E-state index is -0.529. The van der Waals surface area contributed by atoms with Crippen LogP contribution in [0.5, 0.6) is 51.7 Å². The van der Waals surface area contributed by atoms with Crippen LogP contribution in [0.2, 0.25) is 15.1 Å². The molecule has 3 atom stereocenters. The fourth-order valence-electron chi connectivity index (χ4n) is 15.9. The minimum absolute atomic E-state index is 0.274. The zero-order valence-corrected chi connectivity index (χ0v) is 71.0. The number of aryl methyl sites for hydroxylation is 3. The number of nitrogens with zero attached hydrogens (tertiary/aromatic N) is 12. The number of aromatic amines is 3. The number of hydrogen-bond acceptors (Lipinski definition) is 20. The van der Waals surface area contributed by atoms with E-state index in [-0.39, 0.29) is 6.61 Å². The molecule has 0 fully saturated rings. The van der Waals surface area contributed by atoms with Gasteiger partial charge in [0.1, 0.15) is 48.0 Å². The molecule has 3 amide bonds. The monoisotopic (exact) mass is 1740 g/mol. The molecule has 29 nitrogen and oxygen atoms in total. The Kier molecular flexibility index (Phi) is 26.7. The number of H-pyrrole nitrogens is 3. The van der Waals surface area contributed by atoms with Crippen LogP contribution in [-0.2, 0) is 43.6 Å². The maximum absolute atomic E-state index is 13.8. The van der Waals surface area contributed by atoms with Crippen molar-refractivity contribution in [3.05, 3.63) is 303 Å². The van der Waals surface area contributed by atoms with Crippen LogP contribution in [0.1, 0.15) is 105 Å². The SMILES string of the molecule is CCOC(=O)c1ccc(OC(=O)N2CCc3c([nH]c4ccc(Cl)cc34)C2c2ccc(OCCCn3cncn3)c(OC)c2)cc1.COc1cc(C2c3[nH]c4ccc(Cl)cc4c3CCN2C(=O)Oc2ccccc2)ccc1OCCCn1ccnn1.COc1cc(C2c3[nH]c4ccc(Cl)cc4c3CCN2C(=O)Oc2ccccc2)ccc1OCCCn1nccn1. The third kappa shape index (κ3) is 19.6. The van der Waals surface area contributed by atoms with Crippen molar-refractivity contribution in [2.75, 3.05) is 67.4 Å². The molecule has 9 heterocycles. The van der Waals surface area contributed by atoms with Gasteiger partial charge in [0.25, 0.3) is 0 Å². The van der Waals surface area contributed by atoms with Crippen LogP contribution in [0, 0.1) is 0 Å². The number of fused-ring (bicyclic) bond motifs is 9. The first-order chi connectivity index (χ1) is 61.1. The predicted molar refractivity (Wildman–Crippen MR) is 469 cm³/mol. The Morgan fingerprint density at radius 1 is 0.432 bits per heavy atom. The van der Waals surface area contributed by atoms with Crippen molar-refractivity contribution in [2.45, 2.75) is 83.2 Å². The second kappa shape index (κ2) is 39.4. The van der Waals surface area contributed by atoms with Gasteiger partial charge in [0.15, 0.2) is 34.5 Å². The molecule has 3 unspecified atom stereocenters. The van der Waals surface area contributed by atoms with Crippen molar-refractivity contribution in [1.82, 2.24) is 74.4 Å². The van der Waals surface area contributed by atoms with Gasteiger partial charge in [0.05, 0.1) is 78.5 Å². The van der Waals surface area contributed by atoms with Gasteiger partial charge in [-0.1, -0.05) is 94.6 Å². The van der Waals surface area contributed by atoms with Gasteiger partial charge in [0, 0.05) is 123 Å². The number of hydrogen-bond donors (Lipinski definition) is 3. The zero-order chi connectivity index (χ0) is 86.3. The Morgan fingerprint density at radius 2 is 0.832 bits per heavy atom. The topological polar surface area (TPSA) is 310 Å². The van der Waals surface area contributed by atoms with Crippen molar-refractivity contribution in [3.8, 4) is 51.7 Å². The molecule has 6 aromatic heterocycles. The number of esters is 1. The van der Waals surface area contributed by atoms with E-state index in [0.717, 1.165) is 102 Å². The highest BCUT2D eigenvalue weighted by Crippen LogP contribution is 2.47. The van der Waals surface area contributed by atoms with Gasteiger partial charge >= 0.3 is 24.2 Å². The zero-order valence-electron chi connectivity index (χ0n) is 68.7. The lowest BCUT2D eigenvalue weighted by atomic mass is 9.92. The van der Waals surface area contributed by atoms with E-state index in [1.165, 1.54) is 6.33 Å². The minimum Gasteiger partial charge on any atom is -0.493 e. The second-order valence-electron chi connectivity index (χ2n) is 29.4. The van der Waals surface area contributed by atoms with Gasteiger partial charge in [-0.25, -0.2) is 24.2 Å². The maximum Gasteiger partial charge on any atom is 0.416 e. The Labute approximate surface area is 733 Å². The van der Waals surface area contributed by atoms with Crippen LogP contribution in [0.25, 0.3) is 32.7 Å². The molecule has 0 saturated carbocycles. The van der Waals surface area contributed by atoms with E-state index < -0.39 is 42.4 Å². The molecule has 32 heteroatoms. The molecule has 15 aromatic rings. The fraction of sp³-hybridized carbons (Fsp3) is 0.247. The number of halogens is 3. The summed E-state index contributed by atoms with van der Waals surface area (Å²) < 4.78 is 61.2. The smallest absolute Gasteiger partial charge is 0.416 e. The van der Waals surface area contributed by atoms with Crippen LogP contribution >= 0.6 is 34.8 Å². The van der Waals surface area contributed by atoms with Crippen LogP contribution in [0.3, 0.4) is 0 Å². The van der Waals surface area contributed by atoms with Gasteiger partial charge < -0.3 is 62.3 Å². The molecule has 640 valence electrons. The predicted octanol–water partition coefficient (Wildman–Crippen LogP) is 18.3. The van der Waals surface area contributed by atoms with E-state index in [9.17, 15) is 19.2 Å². The summed E-state index contributed by atoms with van der Waals surface area (Å²) in [7, 11) is 4.81.